The fourth-order valence-electron chi connectivity index (χ4n) is 1.52. The van der Waals surface area contributed by atoms with Crippen LogP contribution in [0.5, 0.6) is 0 Å². The molecule has 2 aromatic carbocycles. The number of hydrogen-bond donors (Lipinski definition) is 1. The maximum absolute atomic E-state index is 6.12. The lowest BCUT2D eigenvalue weighted by Gasteiger charge is -2.12. The molecule has 2 N–H and O–H groups in total. The molecule has 0 spiro atoms. The third-order valence-electron chi connectivity index (χ3n) is 2.39. The molecule has 0 saturated heterocycles. The Bertz CT molecular complexity index is 425. The lowest BCUT2D eigenvalue weighted by atomic mass is 10.00. The second kappa shape index (κ2) is 5.90. The molecule has 0 amide bonds. The maximum atomic E-state index is 6.12. The predicted molar refractivity (Wildman–Crippen MR) is 71.2 cm³/mol. The minimum absolute atomic E-state index is 0. The van der Waals surface area contributed by atoms with Crippen molar-refractivity contribution in [3.63, 3.8) is 0 Å². The van der Waals surface area contributed by atoms with Gasteiger partial charge < -0.3 is 5.73 Å². The van der Waals surface area contributed by atoms with Crippen LogP contribution in [-0.2, 0) is 0 Å². The first-order valence-electron chi connectivity index (χ1n) is 4.83. The summed E-state index contributed by atoms with van der Waals surface area (Å²) in [4.78, 5) is 0. The Kier molecular flexibility index (Phi) is 4.81. The van der Waals surface area contributed by atoms with E-state index in [4.69, 9.17) is 17.3 Å². The Labute approximate surface area is 107 Å². The van der Waals surface area contributed by atoms with Gasteiger partial charge in [-0.3, -0.25) is 0 Å². The number of nitrogens with two attached hydrogens (primary N) is 1. The lowest BCUT2D eigenvalue weighted by molar-refractivity contribution is 0.871. The van der Waals surface area contributed by atoms with Gasteiger partial charge in [-0.05, 0) is 23.3 Å². The van der Waals surface area contributed by atoms with Gasteiger partial charge in [-0.15, -0.1) is 12.4 Å². The predicted octanol–water partition coefficient (Wildman–Crippen LogP) is 3.81. The van der Waals surface area contributed by atoms with Crippen molar-refractivity contribution in [2.45, 2.75) is 6.04 Å². The van der Waals surface area contributed by atoms with E-state index >= 15 is 0 Å². The molecule has 0 fully saturated rings. The summed E-state index contributed by atoms with van der Waals surface area (Å²) in [5, 5.41) is 0.735. The van der Waals surface area contributed by atoms with E-state index < -0.39 is 0 Å². The summed E-state index contributed by atoms with van der Waals surface area (Å²) in [5.41, 5.74) is 8.31. The second-order valence-corrected chi connectivity index (χ2v) is 3.88. The molecule has 2 rings (SSSR count). The van der Waals surface area contributed by atoms with Crippen molar-refractivity contribution >= 4 is 24.0 Å². The first-order chi connectivity index (χ1) is 7.27. The molecule has 0 aliphatic rings. The molecule has 0 bridgehead atoms. The summed E-state index contributed by atoms with van der Waals surface area (Å²) in [5.74, 6) is 0. The summed E-state index contributed by atoms with van der Waals surface area (Å²) in [7, 11) is 0. The summed E-state index contributed by atoms with van der Waals surface area (Å²) in [6.45, 7) is 0. The van der Waals surface area contributed by atoms with E-state index in [1.165, 1.54) is 0 Å². The molecule has 2 aromatic rings. The van der Waals surface area contributed by atoms with Crippen molar-refractivity contribution in [2.75, 3.05) is 0 Å². The van der Waals surface area contributed by atoms with E-state index in [-0.39, 0.29) is 18.4 Å². The van der Waals surface area contributed by atoms with Gasteiger partial charge in [0.2, 0.25) is 0 Å². The van der Waals surface area contributed by atoms with E-state index in [9.17, 15) is 0 Å². The van der Waals surface area contributed by atoms with E-state index in [2.05, 4.69) is 0 Å². The normalized spacial score (nSPS) is 11.6. The van der Waals surface area contributed by atoms with Crippen LogP contribution in [0, 0.1) is 0 Å². The van der Waals surface area contributed by atoms with E-state index in [1.54, 1.807) is 0 Å². The summed E-state index contributed by atoms with van der Waals surface area (Å²) in [6.07, 6.45) is 0. The quantitative estimate of drug-likeness (QED) is 0.866. The van der Waals surface area contributed by atoms with E-state index in [1.807, 2.05) is 54.6 Å². The van der Waals surface area contributed by atoms with Crippen molar-refractivity contribution < 1.29 is 0 Å². The molecule has 0 aromatic heterocycles. The monoisotopic (exact) mass is 253 g/mol. The summed E-state index contributed by atoms with van der Waals surface area (Å²) < 4.78 is 0. The highest BCUT2D eigenvalue weighted by molar-refractivity contribution is 6.30. The molecule has 84 valence electrons. The molecule has 16 heavy (non-hydrogen) atoms. The van der Waals surface area contributed by atoms with Crippen molar-refractivity contribution in [2.24, 2.45) is 5.73 Å². The SMILES string of the molecule is Cl.N[C@@H](c1ccccc1)c1ccc(Cl)cc1. The third kappa shape index (κ3) is 2.99. The van der Waals surface area contributed by atoms with Crippen LogP contribution in [0.15, 0.2) is 54.6 Å². The van der Waals surface area contributed by atoms with Gasteiger partial charge in [0.15, 0.2) is 0 Å². The van der Waals surface area contributed by atoms with Crippen molar-refractivity contribution in [3.8, 4) is 0 Å². The number of halogens is 2. The standard InChI is InChI=1S/C13H12ClN.ClH/c14-12-8-6-11(7-9-12)13(15)10-4-2-1-3-5-10;/h1-9,13H,15H2;1H/t13-;/m0./s1. The van der Waals surface area contributed by atoms with Crippen LogP contribution in [0.25, 0.3) is 0 Å². The van der Waals surface area contributed by atoms with Gasteiger partial charge in [-0.25, -0.2) is 0 Å². The first-order valence-corrected chi connectivity index (χ1v) is 5.21. The smallest absolute Gasteiger partial charge is 0.0551 e. The summed E-state index contributed by atoms with van der Waals surface area (Å²) >= 11 is 5.82. The minimum atomic E-state index is -0.0801. The topological polar surface area (TPSA) is 26.0 Å². The van der Waals surface area contributed by atoms with Gasteiger partial charge in [-0.1, -0.05) is 54.1 Å². The first kappa shape index (κ1) is 13.0. The third-order valence-corrected chi connectivity index (χ3v) is 2.64. The molecule has 0 aliphatic carbocycles. The van der Waals surface area contributed by atoms with Crippen LogP contribution in [0.2, 0.25) is 5.02 Å². The average molecular weight is 254 g/mol. The number of benzene rings is 2. The van der Waals surface area contributed by atoms with Crippen molar-refractivity contribution in [3.05, 3.63) is 70.7 Å². The number of rotatable bonds is 2. The molecule has 3 heteroatoms. The van der Waals surface area contributed by atoms with Gasteiger partial charge in [-0.2, -0.15) is 0 Å². The Morgan fingerprint density at radius 1 is 0.812 bits per heavy atom. The molecular formula is C13H13Cl2N. The molecular weight excluding hydrogens is 241 g/mol. The second-order valence-electron chi connectivity index (χ2n) is 3.44. The van der Waals surface area contributed by atoms with Crippen LogP contribution in [0.4, 0.5) is 0 Å². The molecule has 0 heterocycles. The minimum Gasteiger partial charge on any atom is -0.320 e. The Hall–Kier alpha value is -1.02. The Morgan fingerprint density at radius 3 is 1.88 bits per heavy atom. The lowest BCUT2D eigenvalue weighted by Crippen LogP contribution is -2.11. The number of hydrogen-bond acceptors (Lipinski definition) is 1. The highest BCUT2D eigenvalue weighted by atomic mass is 35.5. The highest BCUT2D eigenvalue weighted by Gasteiger charge is 2.07. The molecule has 1 nitrogen and oxygen atoms in total. The highest BCUT2D eigenvalue weighted by Crippen LogP contribution is 2.20. The van der Waals surface area contributed by atoms with Gasteiger partial charge in [0.1, 0.15) is 0 Å². The fourth-order valence-corrected chi connectivity index (χ4v) is 1.65. The fraction of sp³-hybridized carbons (Fsp3) is 0.0769. The maximum Gasteiger partial charge on any atom is 0.0551 e. The molecule has 1 atom stereocenters. The Balaban J connectivity index is 0.00000128. The van der Waals surface area contributed by atoms with Crippen molar-refractivity contribution in [1.29, 1.82) is 0 Å². The van der Waals surface area contributed by atoms with Gasteiger partial charge in [0, 0.05) is 5.02 Å². The van der Waals surface area contributed by atoms with Gasteiger partial charge in [0.05, 0.1) is 6.04 Å². The summed E-state index contributed by atoms with van der Waals surface area (Å²) in [6, 6.07) is 17.6. The van der Waals surface area contributed by atoms with Crippen molar-refractivity contribution in [1.82, 2.24) is 0 Å². The zero-order valence-electron chi connectivity index (χ0n) is 8.64. The largest absolute Gasteiger partial charge is 0.320 e. The average Bonchev–Trinajstić information content (AvgIpc) is 2.30. The zero-order valence-corrected chi connectivity index (χ0v) is 10.2. The molecule has 0 aliphatic heterocycles. The zero-order chi connectivity index (χ0) is 10.7. The van der Waals surface area contributed by atoms with Gasteiger partial charge >= 0.3 is 0 Å². The van der Waals surface area contributed by atoms with Crippen LogP contribution < -0.4 is 5.73 Å². The van der Waals surface area contributed by atoms with E-state index in [0.717, 1.165) is 16.1 Å². The van der Waals surface area contributed by atoms with Crippen LogP contribution in [0.1, 0.15) is 17.2 Å². The molecule has 0 radical (unpaired) electrons. The van der Waals surface area contributed by atoms with Gasteiger partial charge in [0.25, 0.3) is 0 Å². The van der Waals surface area contributed by atoms with E-state index in [0.29, 0.717) is 0 Å². The molecule has 0 unspecified atom stereocenters. The van der Waals surface area contributed by atoms with Crippen LogP contribution in [0.3, 0.4) is 0 Å². The van der Waals surface area contributed by atoms with Crippen LogP contribution >= 0.6 is 24.0 Å². The molecule has 0 saturated carbocycles. The Morgan fingerprint density at radius 2 is 1.31 bits per heavy atom. The van der Waals surface area contributed by atoms with Crippen LogP contribution in [-0.4, -0.2) is 0 Å².